The molecule has 172 valence electrons. The Morgan fingerprint density at radius 2 is 1.69 bits per heavy atom. The van der Waals surface area contributed by atoms with Crippen LogP contribution in [0.25, 0.3) is 0 Å². The van der Waals surface area contributed by atoms with Crippen molar-refractivity contribution in [1.29, 1.82) is 0 Å². The second kappa shape index (κ2) is 10.7. The van der Waals surface area contributed by atoms with Crippen molar-refractivity contribution in [3.8, 4) is 0 Å². The number of amides is 2. The molecule has 1 aliphatic carbocycles. The Kier molecular flexibility index (Phi) is 7.94. The molecule has 0 aliphatic heterocycles. The third kappa shape index (κ3) is 5.70. The number of hydrogen-bond acceptors (Lipinski definition) is 3. The SMILES string of the molecule is CCC(CC)C(=O)N(Cc1cc(NC(=O)C2CC2)ccc1N(C)C)C(C)c1ccccc1. The van der Waals surface area contributed by atoms with E-state index in [-0.39, 0.29) is 29.7 Å². The van der Waals surface area contributed by atoms with Crippen molar-refractivity contribution in [2.75, 3.05) is 24.3 Å². The average molecular weight is 436 g/mol. The van der Waals surface area contributed by atoms with Crippen LogP contribution in [-0.2, 0) is 16.1 Å². The van der Waals surface area contributed by atoms with Crippen molar-refractivity contribution in [2.45, 2.75) is 59.0 Å². The smallest absolute Gasteiger partial charge is 0.227 e. The molecule has 0 spiro atoms. The molecule has 1 atom stereocenters. The molecule has 5 nitrogen and oxygen atoms in total. The van der Waals surface area contributed by atoms with Crippen molar-refractivity contribution >= 4 is 23.2 Å². The summed E-state index contributed by atoms with van der Waals surface area (Å²) in [6.45, 7) is 6.75. The van der Waals surface area contributed by atoms with Crippen LogP contribution in [0, 0.1) is 11.8 Å². The molecule has 1 N–H and O–H groups in total. The van der Waals surface area contributed by atoms with Gasteiger partial charge in [0.2, 0.25) is 11.8 Å². The fourth-order valence-electron chi connectivity index (χ4n) is 4.19. The lowest BCUT2D eigenvalue weighted by Crippen LogP contribution is -2.37. The summed E-state index contributed by atoms with van der Waals surface area (Å²) in [4.78, 5) is 30.0. The largest absolute Gasteiger partial charge is 0.377 e. The first-order valence-corrected chi connectivity index (χ1v) is 11.8. The summed E-state index contributed by atoms with van der Waals surface area (Å²) in [5, 5.41) is 3.06. The molecule has 0 aromatic heterocycles. The Morgan fingerprint density at radius 3 is 2.25 bits per heavy atom. The van der Waals surface area contributed by atoms with Gasteiger partial charge in [-0.05, 0) is 61.9 Å². The molecule has 5 heteroatoms. The van der Waals surface area contributed by atoms with Gasteiger partial charge in [-0.3, -0.25) is 9.59 Å². The molecule has 3 rings (SSSR count). The van der Waals surface area contributed by atoms with Crippen LogP contribution in [0.5, 0.6) is 0 Å². The molecule has 1 unspecified atom stereocenters. The number of anilines is 2. The summed E-state index contributed by atoms with van der Waals surface area (Å²) in [7, 11) is 4.02. The van der Waals surface area contributed by atoms with E-state index in [1.807, 2.05) is 55.4 Å². The van der Waals surface area contributed by atoms with Gasteiger partial charge in [-0.15, -0.1) is 0 Å². The third-order valence-corrected chi connectivity index (χ3v) is 6.49. The van der Waals surface area contributed by atoms with E-state index in [2.05, 4.69) is 43.1 Å². The van der Waals surface area contributed by atoms with Gasteiger partial charge in [-0.25, -0.2) is 0 Å². The third-order valence-electron chi connectivity index (χ3n) is 6.49. The van der Waals surface area contributed by atoms with Gasteiger partial charge in [0.1, 0.15) is 0 Å². The molecule has 32 heavy (non-hydrogen) atoms. The van der Waals surface area contributed by atoms with E-state index in [1.165, 1.54) is 0 Å². The van der Waals surface area contributed by atoms with Crippen LogP contribution in [0.4, 0.5) is 11.4 Å². The molecule has 1 aliphatic rings. The normalized spacial score (nSPS) is 14.2. The Morgan fingerprint density at radius 1 is 1.03 bits per heavy atom. The zero-order valence-corrected chi connectivity index (χ0v) is 20.1. The average Bonchev–Trinajstić information content (AvgIpc) is 3.64. The number of carbonyl (C=O) groups is 2. The van der Waals surface area contributed by atoms with Gasteiger partial charge < -0.3 is 15.1 Å². The Hall–Kier alpha value is -2.82. The van der Waals surface area contributed by atoms with Crippen LogP contribution in [0.2, 0.25) is 0 Å². The minimum absolute atomic E-state index is 0.00159. The molecule has 1 fully saturated rings. The molecular weight excluding hydrogens is 398 g/mol. The maximum absolute atomic E-state index is 13.6. The number of nitrogens with zero attached hydrogens (tertiary/aromatic N) is 2. The van der Waals surface area contributed by atoms with E-state index in [0.29, 0.717) is 6.54 Å². The molecule has 0 radical (unpaired) electrons. The minimum Gasteiger partial charge on any atom is -0.377 e. The topological polar surface area (TPSA) is 52.7 Å². The standard InChI is InChI=1S/C27H37N3O2/c1-6-20(7-2)27(32)30(19(3)21-11-9-8-10-12-21)18-23-17-24(15-16-25(23)29(4)5)28-26(31)22-13-14-22/h8-12,15-17,19-20,22H,6-7,13-14,18H2,1-5H3,(H,28,31). The molecule has 2 aromatic rings. The van der Waals surface area contributed by atoms with E-state index in [1.54, 1.807) is 0 Å². The van der Waals surface area contributed by atoms with E-state index in [4.69, 9.17) is 0 Å². The van der Waals surface area contributed by atoms with Crippen molar-refractivity contribution in [3.63, 3.8) is 0 Å². The monoisotopic (exact) mass is 435 g/mol. The molecule has 0 bridgehead atoms. The van der Waals surface area contributed by atoms with Crippen LogP contribution in [-0.4, -0.2) is 30.8 Å². The predicted octanol–water partition coefficient (Wildman–Crippen LogP) is 5.63. The maximum Gasteiger partial charge on any atom is 0.227 e. The number of nitrogens with one attached hydrogen (secondary N) is 1. The molecule has 1 saturated carbocycles. The van der Waals surface area contributed by atoms with Crippen LogP contribution in [0.3, 0.4) is 0 Å². The maximum atomic E-state index is 13.6. The van der Waals surface area contributed by atoms with Crippen molar-refractivity contribution in [2.24, 2.45) is 11.8 Å². The van der Waals surface area contributed by atoms with E-state index in [0.717, 1.165) is 48.2 Å². The quantitative estimate of drug-likeness (QED) is 0.526. The lowest BCUT2D eigenvalue weighted by atomic mass is 9.98. The molecule has 2 amide bonds. The second-order valence-corrected chi connectivity index (χ2v) is 9.07. The van der Waals surface area contributed by atoms with Crippen molar-refractivity contribution in [1.82, 2.24) is 4.90 Å². The highest BCUT2D eigenvalue weighted by Gasteiger charge is 2.30. The van der Waals surface area contributed by atoms with Gasteiger partial charge >= 0.3 is 0 Å². The first kappa shape index (κ1) is 23.8. The van der Waals surface area contributed by atoms with E-state index < -0.39 is 0 Å². The van der Waals surface area contributed by atoms with E-state index >= 15 is 0 Å². The van der Waals surface area contributed by atoms with Crippen LogP contribution in [0.1, 0.15) is 63.6 Å². The minimum atomic E-state index is -0.0518. The molecule has 0 saturated heterocycles. The Bertz CT molecular complexity index is 918. The zero-order valence-electron chi connectivity index (χ0n) is 20.1. The van der Waals surface area contributed by atoms with Gasteiger partial charge in [-0.1, -0.05) is 44.2 Å². The van der Waals surface area contributed by atoms with Crippen molar-refractivity contribution < 1.29 is 9.59 Å². The van der Waals surface area contributed by atoms with Crippen LogP contribution >= 0.6 is 0 Å². The van der Waals surface area contributed by atoms with Gasteiger partial charge in [0, 0.05) is 43.9 Å². The second-order valence-electron chi connectivity index (χ2n) is 9.07. The lowest BCUT2D eigenvalue weighted by molar-refractivity contribution is -0.138. The first-order valence-electron chi connectivity index (χ1n) is 11.8. The van der Waals surface area contributed by atoms with Crippen LogP contribution < -0.4 is 10.2 Å². The summed E-state index contributed by atoms with van der Waals surface area (Å²) < 4.78 is 0. The van der Waals surface area contributed by atoms with Gasteiger partial charge in [0.05, 0.1) is 6.04 Å². The molecule has 0 heterocycles. The fourth-order valence-corrected chi connectivity index (χ4v) is 4.19. The van der Waals surface area contributed by atoms with Gasteiger partial charge in [0.25, 0.3) is 0 Å². The first-order chi connectivity index (χ1) is 15.3. The summed E-state index contributed by atoms with van der Waals surface area (Å²) in [6.07, 6.45) is 3.60. The van der Waals surface area contributed by atoms with Gasteiger partial charge in [0.15, 0.2) is 0 Å². The number of benzene rings is 2. The molecular formula is C27H37N3O2. The summed E-state index contributed by atoms with van der Waals surface area (Å²) in [5.74, 6) is 0.430. The summed E-state index contributed by atoms with van der Waals surface area (Å²) in [6, 6.07) is 16.2. The Balaban J connectivity index is 1.95. The highest BCUT2D eigenvalue weighted by molar-refractivity contribution is 5.94. The highest BCUT2D eigenvalue weighted by atomic mass is 16.2. The van der Waals surface area contributed by atoms with Crippen molar-refractivity contribution in [3.05, 3.63) is 59.7 Å². The van der Waals surface area contributed by atoms with Gasteiger partial charge in [-0.2, -0.15) is 0 Å². The highest BCUT2D eigenvalue weighted by Crippen LogP contribution is 2.33. The molecule has 2 aromatic carbocycles. The number of rotatable bonds is 10. The lowest BCUT2D eigenvalue weighted by Gasteiger charge is -2.34. The Labute approximate surface area is 192 Å². The summed E-state index contributed by atoms with van der Waals surface area (Å²) >= 11 is 0. The van der Waals surface area contributed by atoms with Crippen LogP contribution in [0.15, 0.2) is 48.5 Å². The zero-order chi connectivity index (χ0) is 23.3. The fraction of sp³-hybridized carbons (Fsp3) is 0.481. The van der Waals surface area contributed by atoms with E-state index in [9.17, 15) is 9.59 Å². The number of carbonyl (C=O) groups excluding carboxylic acids is 2. The predicted molar refractivity (Wildman–Crippen MR) is 132 cm³/mol. The summed E-state index contributed by atoms with van der Waals surface area (Å²) in [5.41, 5.74) is 4.00. The number of hydrogen-bond donors (Lipinski definition) is 1.